The van der Waals surface area contributed by atoms with Crippen LogP contribution in [0.15, 0.2) is 36.8 Å². The van der Waals surface area contributed by atoms with E-state index in [0.717, 1.165) is 37.1 Å². The molecule has 1 N–H and O–H groups in total. The zero-order valence-electron chi connectivity index (χ0n) is 15.6. The van der Waals surface area contributed by atoms with E-state index in [9.17, 15) is 4.79 Å². The highest BCUT2D eigenvalue weighted by Crippen LogP contribution is 2.24. The summed E-state index contributed by atoms with van der Waals surface area (Å²) in [5, 5.41) is 7.41. The molecule has 0 spiro atoms. The molecule has 3 rings (SSSR count). The molecule has 0 unspecified atom stereocenters. The molecule has 1 saturated carbocycles. The smallest absolute Gasteiger partial charge is 0.318 e. The van der Waals surface area contributed by atoms with E-state index >= 15 is 0 Å². The molecule has 6 heteroatoms. The van der Waals surface area contributed by atoms with Crippen LogP contribution in [0.5, 0.6) is 0 Å². The summed E-state index contributed by atoms with van der Waals surface area (Å²) >= 11 is 0. The number of pyridine rings is 1. The van der Waals surface area contributed by atoms with Crippen molar-refractivity contribution in [1.82, 2.24) is 25.0 Å². The van der Waals surface area contributed by atoms with E-state index in [0.29, 0.717) is 19.1 Å². The van der Waals surface area contributed by atoms with Crippen LogP contribution >= 0.6 is 0 Å². The van der Waals surface area contributed by atoms with Crippen molar-refractivity contribution in [2.45, 2.75) is 71.1 Å². The Morgan fingerprint density at radius 1 is 1.31 bits per heavy atom. The van der Waals surface area contributed by atoms with Crippen LogP contribution in [0, 0.1) is 0 Å². The number of rotatable bonds is 7. The molecule has 0 aliphatic heterocycles. The predicted molar refractivity (Wildman–Crippen MR) is 101 cm³/mol. The minimum atomic E-state index is -0.00852. The van der Waals surface area contributed by atoms with Gasteiger partial charge < -0.3 is 10.2 Å². The maximum absolute atomic E-state index is 12.9. The van der Waals surface area contributed by atoms with E-state index in [-0.39, 0.29) is 6.03 Å². The fourth-order valence-corrected chi connectivity index (χ4v) is 3.55. The second-order valence-electron chi connectivity index (χ2n) is 7.01. The van der Waals surface area contributed by atoms with Crippen molar-refractivity contribution < 1.29 is 4.79 Å². The summed E-state index contributed by atoms with van der Waals surface area (Å²) in [4.78, 5) is 19.3. The Balaban J connectivity index is 1.63. The number of aromatic nitrogens is 3. The molecular weight excluding hydrogens is 326 g/mol. The fourth-order valence-electron chi connectivity index (χ4n) is 3.55. The first-order chi connectivity index (χ1) is 12.8. The molecule has 2 aromatic rings. The van der Waals surface area contributed by atoms with Crippen LogP contribution in [0.25, 0.3) is 0 Å². The van der Waals surface area contributed by atoms with Crippen LogP contribution in [0.4, 0.5) is 4.79 Å². The fraction of sp³-hybridized carbons (Fsp3) is 0.550. The van der Waals surface area contributed by atoms with Crippen molar-refractivity contribution >= 4 is 6.03 Å². The second kappa shape index (κ2) is 9.36. The Bertz CT molecular complexity index is 679. The molecule has 26 heavy (non-hydrogen) atoms. The van der Waals surface area contributed by atoms with Gasteiger partial charge in [0.1, 0.15) is 0 Å². The number of carbonyl (C=O) groups is 1. The van der Waals surface area contributed by atoms with Crippen LogP contribution in [0.1, 0.15) is 56.7 Å². The highest BCUT2D eigenvalue weighted by molar-refractivity contribution is 5.74. The van der Waals surface area contributed by atoms with E-state index in [2.05, 4.69) is 22.3 Å². The highest BCUT2D eigenvalue weighted by Gasteiger charge is 2.25. The first kappa shape index (κ1) is 18.4. The lowest BCUT2D eigenvalue weighted by atomic mass is 9.94. The number of hydrogen-bond donors (Lipinski definition) is 1. The zero-order valence-corrected chi connectivity index (χ0v) is 15.6. The number of amides is 2. The first-order valence-corrected chi connectivity index (χ1v) is 9.72. The molecule has 0 saturated heterocycles. The van der Waals surface area contributed by atoms with E-state index in [1.807, 2.05) is 40.2 Å². The SMILES string of the molecule is CCCn1cc(CNC(=O)N(Cc2ccccn2)C2CCCCC2)cn1. The lowest BCUT2D eigenvalue weighted by Gasteiger charge is -2.34. The van der Waals surface area contributed by atoms with Crippen LogP contribution < -0.4 is 5.32 Å². The third-order valence-corrected chi connectivity index (χ3v) is 4.92. The van der Waals surface area contributed by atoms with Crippen molar-refractivity contribution in [3.8, 4) is 0 Å². The van der Waals surface area contributed by atoms with Gasteiger partial charge >= 0.3 is 6.03 Å². The molecule has 0 aromatic carbocycles. The van der Waals surface area contributed by atoms with Gasteiger partial charge in [-0.15, -0.1) is 0 Å². The van der Waals surface area contributed by atoms with Crippen molar-refractivity contribution in [2.24, 2.45) is 0 Å². The molecule has 1 fully saturated rings. The first-order valence-electron chi connectivity index (χ1n) is 9.72. The molecule has 0 bridgehead atoms. The van der Waals surface area contributed by atoms with Gasteiger partial charge in [0.2, 0.25) is 0 Å². The summed E-state index contributed by atoms with van der Waals surface area (Å²) in [5.41, 5.74) is 1.97. The third-order valence-electron chi connectivity index (χ3n) is 4.92. The minimum Gasteiger partial charge on any atom is -0.334 e. The Morgan fingerprint density at radius 3 is 2.88 bits per heavy atom. The van der Waals surface area contributed by atoms with Gasteiger partial charge in [0.05, 0.1) is 18.4 Å². The Hall–Kier alpha value is -2.37. The maximum atomic E-state index is 12.9. The average molecular weight is 355 g/mol. The van der Waals surface area contributed by atoms with Crippen LogP contribution in [-0.2, 0) is 19.6 Å². The van der Waals surface area contributed by atoms with E-state index in [1.54, 1.807) is 6.20 Å². The van der Waals surface area contributed by atoms with Crippen molar-refractivity contribution in [2.75, 3.05) is 0 Å². The van der Waals surface area contributed by atoms with Gasteiger partial charge in [-0.1, -0.05) is 32.3 Å². The molecule has 2 amide bonds. The van der Waals surface area contributed by atoms with Gasteiger partial charge in [-0.05, 0) is 31.4 Å². The van der Waals surface area contributed by atoms with Gasteiger partial charge in [0.15, 0.2) is 0 Å². The number of hydrogen-bond acceptors (Lipinski definition) is 3. The molecule has 0 radical (unpaired) electrons. The molecule has 1 aliphatic carbocycles. The number of nitrogens with zero attached hydrogens (tertiary/aromatic N) is 4. The summed E-state index contributed by atoms with van der Waals surface area (Å²) in [7, 11) is 0. The zero-order chi connectivity index (χ0) is 18.2. The molecular formula is C20H29N5O. The van der Waals surface area contributed by atoms with Gasteiger partial charge in [-0.3, -0.25) is 9.67 Å². The predicted octanol–water partition coefficient (Wildman–Crippen LogP) is 3.73. The molecule has 1 aliphatic rings. The van der Waals surface area contributed by atoms with E-state index in [4.69, 9.17) is 0 Å². The highest BCUT2D eigenvalue weighted by atomic mass is 16.2. The topological polar surface area (TPSA) is 63.1 Å². The number of carbonyl (C=O) groups excluding carboxylic acids is 1. The average Bonchev–Trinajstić information content (AvgIpc) is 3.13. The quantitative estimate of drug-likeness (QED) is 0.823. The van der Waals surface area contributed by atoms with Crippen molar-refractivity contribution in [1.29, 1.82) is 0 Å². The lowest BCUT2D eigenvalue weighted by molar-refractivity contribution is 0.149. The Labute approximate surface area is 155 Å². The van der Waals surface area contributed by atoms with Gasteiger partial charge in [-0.2, -0.15) is 5.10 Å². The van der Waals surface area contributed by atoms with Crippen molar-refractivity contribution in [3.05, 3.63) is 48.0 Å². The number of urea groups is 1. The normalized spacial score (nSPS) is 15.0. The standard InChI is InChI=1S/C20H29N5O/c1-2-12-24-15-17(14-23-24)13-22-20(26)25(19-9-4-3-5-10-19)16-18-8-6-7-11-21-18/h6-8,11,14-15,19H,2-5,9-10,12-13,16H2,1H3,(H,22,26). The largest absolute Gasteiger partial charge is 0.334 e. The summed E-state index contributed by atoms with van der Waals surface area (Å²) in [6.07, 6.45) is 12.5. The summed E-state index contributed by atoms with van der Waals surface area (Å²) in [6.45, 7) is 4.10. The minimum absolute atomic E-state index is 0.00852. The molecule has 6 nitrogen and oxygen atoms in total. The molecule has 2 heterocycles. The van der Waals surface area contributed by atoms with Crippen LogP contribution in [0.3, 0.4) is 0 Å². The van der Waals surface area contributed by atoms with Crippen LogP contribution in [0.2, 0.25) is 0 Å². The van der Waals surface area contributed by atoms with Crippen LogP contribution in [-0.4, -0.2) is 31.7 Å². The van der Waals surface area contributed by atoms with Crippen molar-refractivity contribution in [3.63, 3.8) is 0 Å². The molecule has 0 atom stereocenters. The van der Waals surface area contributed by atoms with E-state index in [1.165, 1.54) is 19.3 Å². The molecule has 2 aromatic heterocycles. The summed E-state index contributed by atoms with van der Waals surface area (Å²) in [6, 6.07) is 6.15. The third kappa shape index (κ3) is 5.07. The van der Waals surface area contributed by atoms with E-state index < -0.39 is 0 Å². The Morgan fingerprint density at radius 2 is 2.15 bits per heavy atom. The number of nitrogens with one attached hydrogen (secondary N) is 1. The monoisotopic (exact) mass is 355 g/mol. The Kier molecular flexibility index (Phi) is 6.63. The maximum Gasteiger partial charge on any atom is 0.318 e. The molecule has 140 valence electrons. The van der Waals surface area contributed by atoms with Gasteiger partial charge in [-0.25, -0.2) is 4.79 Å². The van der Waals surface area contributed by atoms with Gasteiger partial charge in [0.25, 0.3) is 0 Å². The summed E-state index contributed by atoms with van der Waals surface area (Å²) in [5.74, 6) is 0. The number of aryl methyl sites for hydroxylation is 1. The summed E-state index contributed by atoms with van der Waals surface area (Å²) < 4.78 is 1.92. The lowest BCUT2D eigenvalue weighted by Crippen LogP contribution is -2.46. The van der Waals surface area contributed by atoms with Gasteiger partial charge in [0, 0.05) is 37.1 Å². The second-order valence-corrected chi connectivity index (χ2v) is 7.01.